The zero-order chi connectivity index (χ0) is 20.5. The van der Waals surface area contributed by atoms with Gasteiger partial charge in [0.05, 0.1) is 16.4 Å². The van der Waals surface area contributed by atoms with E-state index in [0.717, 1.165) is 11.4 Å². The number of likely N-dealkylation sites (N-methyl/N-ethyl adjacent to an activating group) is 1. The normalized spacial score (nSPS) is 10.5. The first-order valence-corrected chi connectivity index (χ1v) is 9.52. The zero-order valence-electron chi connectivity index (χ0n) is 15.6. The van der Waals surface area contributed by atoms with Crippen LogP contribution in [0.3, 0.4) is 0 Å². The third-order valence-corrected chi connectivity index (χ3v) is 5.07. The highest BCUT2D eigenvalue weighted by atomic mass is 32.2. The van der Waals surface area contributed by atoms with Crippen LogP contribution < -0.4 is 11.1 Å². The SMILES string of the molecule is C#CCN(CC)CCNC(=O)c1ccc(Sc2ccc(N)cc2)c([N+](=O)[O-])c1. The van der Waals surface area contributed by atoms with Crippen molar-refractivity contribution in [2.24, 2.45) is 0 Å². The predicted octanol–water partition coefficient (Wildman–Crippen LogP) is 3.01. The van der Waals surface area contributed by atoms with Crippen LogP contribution in [-0.2, 0) is 0 Å². The summed E-state index contributed by atoms with van der Waals surface area (Å²) in [5, 5.41) is 14.2. The molecule has 0 aliphatic rings. The Morgan fingerprint density at radius 3 is 2.64 bits per heavy atom. The Kier molecular flexibility index (Phi) is 7.87. The Labute approximate surface area is 168 Å². The zero-order valence-corrected chi connectivity index (χ0v) is 16.4. The van der Waals surface area contributed by atoms with Crippen LogP contribution in [0.5, 0.6) is 0 Å². The molecule has 7 nitrogen and oxygen atoms in total. The molecule has 28 heavy (non-hydrogen) atoms. The number of nitro groups is 1. The average Bonchev–Trinajstić information content (AvgIpc) is 2.69. The fourth-order valence-corrected chi connectivity index (χ4v) is 3.36. The first-order chi connectivity index (χ1) is 13.4. The molecule has 2 rings (SSSR count). The van der Waals surface area contributed by atoms with E-state index in [1.54, 1.807) is 36.4 Å². The van der Waals surface area contributed by atoms with Gasteiger partial charge in [0.25, 0.3) is 11.6 Å². The molecule has 0 unspecified atom stereocenters. The van der Waals surface area contributed by atoms with E-state index in [1.165, 1.54) is 17.8 Å². The third-order valence-electron chi connectivity index (χ3n) is 4.00. The van der Waals surface area contributed by atoms with Gasteiger partial charge >= 0.3 is 0 Å². The lowest BCUT2D eigenvalue weighted by Crippen LogP contribution is -2.35. The summed E-state index contributed by atoms with van der Waals surface area (Å²) in [6, 6.07) is 11.5. The molecule has 0 radical (unpaired) electrons. The summed E-state index contributed by atoms with van der Waals surface area (Å²) >= 11 is 1.25. The Morgan fingerprint density at radius 2 is 2.04 bits per heavy atom. The number of amides is 1. The number of nitrogen functional groups attached to an aromatic ring is 1. The lowest BCUT2D eigenvalue weighted by Gasteiger charge is -2.17. The van der Waals surface area contributed by atoms with Crippen molar-refractivity contribution < 1.29 is 9.72 Å². The molecule has 0 heterocycles. The molecule has 0 atom stereocenters. The molecule has 0 aliphatic carbocycles. The number of carbonyl (C=O) groups excluding carboxylic acids is 1. The largest absolute Gasteiger partial charge is 0.399 e. The van der Waals surface area contributed by atoms with E-state index < -0.39 is 4.92 Å². The summed E-state index contributed by atoms with van der Waals surface area (Å²) < 4.78 is 0. The molecule has 0 bridgehead atoms. The summed E-state index contributed by atoms with van der Waals surface area (Å²) in [6.07, 6.45) is 5.30. The fraction of sp³-hybridized carbons (Fsp3) is 0.250. The second-order valence-corrected chi connectivity index (χ2v) is 7.05. The second-order valence-electron chi connectivity index (χ2n) is 5.94. The van der Waals surface area contributed by atoms with Crippen molar-refractivity contribution in [3.63, 3.8) is 0 Å². The van der Waals surface area contributed by atoms with Crippen LogP contribution in [0, 0.1) is 22.5 Å². The summed E-state index contributed by atoms with van der Waals surface area (Å²) in [5.41, 5.74) is 6.41. The molecule has 3 N–H and O–H groups in total. The number of carbonyl (C=O) groups is 1. The number of terminal acetylenes is 1. The maximum Gasteiger partial charge on any atom is 0.284 e. The molecule has 146 valence electrons. The fourth-order valence-electron chi connectivity index (χ4n) is 2.46. The van der Waals surface area contributed by atoms with E-state index >= 15 is 0 Å². The van der Waals surface area contributed by atoms with E-state index in [9.17, 15) is 14.9 Å². The molecule has 2 aromatic rings. The van der Waals surface area contributed by atoms with Gasteiger partial charge in [-0.15, -0.1) is 6.42 Å². The molecule has 0 fully saturated rings. The average molecular weight is 398 g/mol. The monoisotopic (exact) mass is 398 g/mol. The van der Waals surface area contributed by atoms with Gasteiger partial charge in [-0.25, -0.2) is 0 Å². The van der Waals surface area contributed by atoms with E-state index in [0.29, 0.717) is 30.2 Å². The molecule has 0 aromatic heterocycles. The Hall–Kier alpha value is -3.02. The first kappa shape index (κ1) is 21.3. The van der Waals surface area contributed by atoms with Gasteiger partial charge in [-0.1, -0.05) is 24.6 Å². The van der Waals surface area contributed by atoms with Crippen molar-refractivity contribution in [1.82, 2.24) is 10.2 Å². The number of nitrogens with one attached hydrogen (secondary N) is 1. The lowest BCUT2D eigenvalue weighted by atomic mass is 10.2. The van der Waals surface area contributed by atoms with Gasteiger partial charge < -0.3 is 11.1 Å². The van der Waals surface area contributed by atoms with Gasteiger partial charge in [-0.05, 0) is 42.9 Å². The van der Waals surface area contributed by atoms with E-state index in [1.807, 2.05) is 11.8 Å². The van der Waals surface area contributed by atoms with Crippen LogP contribution in [0.25, 0.3) is 0 Å². The van der Waals surface area contributed by atoms with E-state index in [2.05, 4.69) is 11.2 Å². The topological polar surface area (TPSA) is 102 Å². The Balaban J connectivity index is 2.08. The maximum absolute atomic E-state index is 12.3. The van der Waals surface area contributed by atoms with Gasteiger partial charge in [0, 0.05) is 35.3 Å². The smallest absolute Gasteiger partial charge is 0.284 e. The second kappa shape index (κ2) is 10.3. The Morgan fingerprint density at radius 1 is 1.32 bits per heavy atom. The lowest BCUT2D eigenvalue weighted by molar-refractivity contribution is -0.387. The number of nitrogens with zero attached hydrogens (tertiary/aromatic N) is 2. The molecule has 0 spiro atoms. The molecule has 8 heteroatoms. The number of nitrogens with two attached hydrogens (primary N) is 1. The molecule has 1 amide bonds. The number of anilines is 1. The van der Waals surface area contributed by atoms with Gasteiger partial charge in [0.2, 0.25) is 0 Å². The van der Waals surface area contributed by atoms with Crippen LogP contribution >= 0.6 is 11.8 Å². The van der Waals surface area contributed by atoms with Crippen LogP contribution in [0.4, 0.5) is 11.4 Å². The van der Waals surface area contributed by atoms with Gasteiger partial charge in [-0.2, -0.15) is 0 Å². The maximum atomic E-state index is 12.3. The standard InChI is InChI=1S/C20H22N4O3S/c1-3-12-23(4-2)13-11-22-20(25)15-5-10-19(18(14-15)24(26)27)28-17-8-6-16(21)7-9-17/h1,5-10,14H,4,11-13,21H2,2H3,(H,22,25). The number of benzene rings is 2. The summed E-state index contributed by atoms with van der Waals surface area (Å²) in [4.78, 5) is 26.6. The van der Waals surface area contributed by atoms with Gasteiger partial charge in [0.15, 0.2) is 0 Å². The van der Waals surface area contributed by atoms with Crippen molar-refractivity contribution in [3.05, 3.63) is 58.1 Å². The number of hydrogen-bond acceptors (Lipinski definition) is 6. The highest BCUT2D eigenvalue weighted by Crippen LogP contribution is 2.35. The minimum Gasteiger partial charge on any atom is -0.399 e. The molecule has 0 saturated carbocycles. The highest BCUT2D eigenvalue weighted by Gasteiger charge is 2.18. The van der Waals surface area contributed by atoms with Crippen molar-refractivity contribution >= 4 is 29.0 Å². The van der Waals surface area contributed by atoms with Crippen molar-refractivity contribution in [2.45, 2.75) is 16.7 Å². The minimum absolute atomic E-state index is 0.114. The molecule has 0 aliphatic heterocycles. The summed E-state index contributed by atoms with van der Waals surface area (Å²) in [5.74, 6) is 2.21. The summed E-state index contributed by atoms with van der Waals surface area (Å²) in [6.45, 7) is 4.29. The predicted molar refractivity (Wildman–Crippen MR) is 111 cm³/mol. The van der Waals surface area contributed by atoms with Crippen molar-refractivity contribution in [2.75, 3.05) is 31.9 Å². The van der Waals surface area contributed by atoms with Crippen LogP contribution in [-0.4, -0.2) is 41.9 Å². The molecule has 2 aromatic carbocycles. The Bertz CT molecular complexity index is 878. The number of nitro benzene ring substituents is 1. The summed E-state index contributed by atoms with van der Waals surface area (Å²) in [7, 11) is 0. The number of rotatable bonds is 9. The van der Waals surface area contributed by atoms with Crippen LogP contribution in [0.2, 0.25) is 0 Å². The van der Waals surface area contributed by atoms with E-state index in [4.69, 9.17) is 12.2 Å². The van der Waals surface area contributed by atoms with Crippen molar-refractivity contribution in [1.29, 1.82) is 0 Å². The van der Waals surface area contributed by atoms with Gasteiger partial charge in [0.1, 0.15) is 0 Å². The highest BCUT2D eigenvalue weighted by molar-refractivity contribution is 7.99. The third kappa shape index (κ3) is 6.01. The van der Waals surface area contributed by atoms with E-state index in [-0.39, 0.29) is 17.2 Å². The molecular weight excluding hydrogens is 376 g/mol. The van der Waals surface area contributed by atoms with Crippen LogP contribution in [0.15, 0.2) is 52.3 Å². The molecule has 0 saturated heterocycles. The molecular formula is C20H22N4O3S. The van der Waals surface area contributed by atoms with Gasteiger partial charge in [-0.3, -0.25) is 19.8 Å². The number of hydrogen-bond donors (Lipinski definition) is 2. The quantitative estimate of drug-likeness (QED) is 0.291. The van der Waals surface area contributed by atoms with Crippen molar-refractivity contribution in [3.8, 4) is 12.3 Å². The minimum atomic E-state index is -0.484. The first-order valence-electron chi connectivity index (χ1n) is 8.70. The van der Waals surface area contributed by atoms with Crippen LogP contribution in [0.1, 0.15) is 17.3 Å².